The summed E-state index contributed by atoms with van der Waals surface area (Å²) >= 11 is 0. The van der Waals surface area contributed by atoms with Crippen LogP contribution in [0.4, 0.5) is 0 Å². The highest BCUT2D eigenvalue weighted by molar-refractivity contribution is 7.46. The van der Waals surface area contributed by atoms with E-state index in [9.17, 15) is 19.3 Å². The van der Waals surface area contributed by atoms with Crippen molar-refractivity contribution in [1.82, 2.24) is 0 Å². The molecule has 20 heavy (non-hydrogen) atoms. The van der Waals surface area contributed by atoms with E-state index in [-0.39, 0.29) is 0 Å². The Hall–Kier alpha value is 0.0600. The quantitative estimate of drug-likeness (QED) is 0.193. The Morgan fingerprint density at radius 1 is 0.900 bits per heavy atom. The smallest absolute Gasteiger partial charge is 0.394 e. The minimum absolute atomic E-state index is 0.986. The summed E-state index contributed by atoms with van der Waals surface area (Å²) in [5.74, 6) is 0. The van der Waals surface area contributed by atoms with E-state index in [0.717, 1.165) is 0 Å². The lowest BCUT2D eigenvalue weighted by atomic mass is 10.0. The second kappa shape index (κ2) is 7.90. The molecule has 0 aromatic rings. The van der Waals surface area contributed by atoms with Crippen LogP contribution in [0.25, 0.3) is 0 Å². The van der Waals surface area contributed by atoms with Gasteiger partial charge in [0.2, 0.25) is 0 Å². The molecule has 0 spiro atoms. The van der Waals surface area contributed by atoms with Gasteiger partial charge in [0.25, 0.3) is 0 Å². The van der Waals surface area contributed by atoms with Crippen molar-refractivity contribution in [3.05, 3.63) is 0 Å². The maximum atomic E-state index is 10.7. The lowest BCUT2D eigenvalue weighted by molar-refractivity contribution is -0.120. The molecule has 0 bridgehead atoms. The van der Waals surface area contributed by atoms with E-state index in [4.69, 9.17) is 29.8 Å². The molecule has 0 radical (unpaired) electrons. The highest BCUT2D eigenvalue weighted by Gasteiger charge is 2.37. The normalized spacial score (nSPS) is 19.4. The van der Waals surface area contributed by atoms with Crippen molar-refractivity contribution >= 4 is 15.6 Å². The summed E-state index contributed by atoms with van der Waals surface area (Å²) in [7, 11) is -10.2. The van der Waals surface area contributed by atoms with Gasteiger partial charge in [0, 0.05) is 0 Å². The molecule has 0 heterocycles. The summed E-state index contributed by atoms with van der Waals surface area (Å²) in [6.45, 7) is -2.17. The molecule has 0 unspecified atom stereocenters. The third kappa shape index (κ3) is 8.37. The molecule has 0 aromatic heterocycles. The monoisotopic (exact) mass is 342 g/mol. The Morgan fingerprint density at radius 2 is 1.40 bits per heavy atom. The summed E-state index contributed by atoms with van der Waals surface area (Å²) in [5, 5.41) is 36.5. The van der Waals surface area contributed by atoms with Gasteiger partial charge >= 0.3 is 15.6 Å². The van der Waals surface area contributed by atoms with Crippen molar-refractivity contribution in [2.75, 3.05) is 13.2 Å². The largest absolute Gasteiger partial charge is 0.470 e. The summed E-state index contributed by atoms with van der Waals surface area (Å²) in [6, 6.07) is 0. The molecule has 0 aromatic carbocycles. The zero-order valence-corrected chi connectivity index (χ0v) is 11.6. The third-order valence-electron chi connectivity index (χ3n) is 1.99. The molecule has 4 atom stereocenters. The first-order valence-electron chi connectivity index (χ1n) is 4.96. The number of rotatable bonds is 9. The van der Waals surface area contributed by atoms with Crippen LogP contribution in [0, 0.1) is 0 Å². The Labute approximate surface area is 112 Å². The molecule has 0 amide bonds. The minimum Gasteiger partial charge on any atom is -0.394 e. The van der Waals surface area contributed by atoms with Gasteiger partial charge in [0.05, 0.1) is 13.2 Å². The molecule has 8 N–H and O–H groups in total. The standard InChI is InChI=1S/C6H16O12P2/c7-1-3(8)5(9)6(10)4(18-20(14,15)16)2-17-19(11,12)13/h3-10H,1-2H2,(H2,11,12,13)(H2,14,15,16)/t3-,4-,5-,6-/m1/s1. The molecule has 0 aliphatic rings. The first-order valence-corrected chi connectivity index (χ1v) is 8.02. The van der Waals surface area contributed by atoms with E-state index in [1.165, 1.54) is 0 Å². The van der Waals surface area contributed by atoms with Gasteiger partial charge in [-0.2, -0.15) is 0 Å². The predicted octanol–water partition coefficient (Wildman–Crippen LogP) is -3.35. The molecule has 0 fully saturated rings. The van der Waals surface area contributed by atoms with Gasteiger partial charge in [0.1, 0.15) is 24.4 Å². The molecule has 12 nitrogen and oxygen atoms in total. The van der Waals surface area contributed by atoms with Crippen molar-refractivity contribution in [1.29, 1.82) is 0 Å². The first kappa shape index (κ1) is 20.1. The van der Waals surface area contributed by atoms with Crippen molar-refractivity contribution in [3.8, 4) is 0 Å². The Bertz CT molecular complexity index is 374. The zero-order chi connectivity index (χ0) is 16.1. The summed E-state index contributed by atoms with van der Waals surface area (Å²) in [4.78, 5) is 34.0. The second-order valence-corrected chi connectivity index (χ2v) is 6.08. The van der Waals surface area contributed by atoms with Crippen molar-refractivity contribution < 1.29 is 58.2 Å². The molecule has 122 valence electrons. The van der Waals surface area contributed by atoms with Gasteiger partial charge in [0.15, 0.2) is 0 Å². The third-order valence-corrected chi connectivity index (χ3v) is 3.02. The zero-order valence-electron chi connectivity index (χ0n) is 9.83. The van der Waals surface area contributed by atoms with Crippen LogP contribution >= 0.6 is 15.6 Å². The van der Waals surface area contributed by atoms with E-state index in [0.29, 0.717) is 0 Å². The van der Waals surface area contributed by atoms with Crippen LogP contribution < -0.4 is 0 Å². The lowest BCUT2D eigenvalue weighted by Crippen LogP contribution is -2.48. The summed E-state index contributed by atoms with van der Waals surface area (Å²) < 4.78 is 29.0. The number of phosphoric acid groups is 2. The lowest BCUT2D eigenvalue weighted by Gasteiger charge is -2.28. The van der Waals surface area contributed by atoms with Crippen LogP contribution in [0.15, 0.2) is 0 Å². The molecule has 14 heteroatoms. The van der Waals surface area contributed by atoms with Gasteiger partial charge in [-0.25, -0.2) is 9.13 Å². The van der Waals surface area contributed by atoms with Crippen LogP contribution in [0.2, 0.25) is 0 Å². The summed E-state index contributed by atoms with van der Waals surface area (Å²) in [5.41, 5.74) is 0. The average Bonchev–Trinajstić information content (AvgIpc) is 2.29. The Kier molecular flexibility index (Phi) is 7.92. The van der Waals surface area contributed by atoms with E-state index >= 15 is 0 Å². The molecule has 0 aliphatic carbocycles. The second-order valence-electron chi connectivity index (χ2n) is 3.65. The van der Waals surface area contributed by atoms with Crippen LogP contribution in [0.5, 0.6) is 0 Å². The fraction of sp³-hybridized carbons (Fsp3) is 1.00. The number of aliphatic hydroxyl groups excluding tert-OH is 4. The molecule has 0 saturated heterocycles. The van der Waals surface area contributed by atoms with E-state index < -0.39 is 53.3 Å². The van der Waals surface area contributed by atoms with Gasteiger partial charge in [-0.05, 0) is 0 Å². The van der Waals surface area contributed by atoms with Crippen molar-refractivity contribution in [3.63, 3.8) is 0 Å². The van der Waals surface area contributed by atoms with E-state index in [2.05, 4.69) is 9.05 Å². The van der Waals surface area contributed by atoms with E-state index in [1.807, 2.05) is 0 Å². The van der Waals surface area contributed by atoms with Gasteiger partial charge < -0.3 is 40.0 Å². The maximum absolute atomic E-state index is 10.7. The van der Waals surface area contributed by atoms with Crippen molar-refractivity contribution in [2.45, 2.75) is 24.4 Å². The van der Waals surface area contributed by atoms with Crippen LogP contribution in [-0.2, 0) is 18.2 Å². The molecule has 0 aliphatic heterocycles. The summed E-state index contributed by atoms with van der Waals surface area (Å²) in [6.07, 6.45) is -8.24. The number of hydrogen-bond donors (Lipinski definition) is 8. The SMILES string of the molecule is O=P(O)(O)OC[C@@H](OP(=O)(O)O)[C@@H](O)[C@H](O)[C@H](O)CO. The number of phosphoric ester groups is 2. The highest BCUT2D eigenvalue weighted by atomic mass is 31.2. The van der Waals surface area contributed by atoms with Gasteiger partial charge in [-0.3, -0.25) is 9.05 Å². The predicted molar refractivity (Wildman–Crippen MR) is 60.0 cm³/mol. The van der Waals surface area contributed by atoms with E-state index in [1.54, 1.807) is 0 Å². The van der Waals surface area contributed by atoms with Crippen LogP contribution in [0.3, 0.4) is 0 Å². The number of hydrogen-bond acceptors (Lipinski definition) is 8. The first-order chi connectivity index (χ1) is 8.87. The van der Waals surface area contributed by atoms with Crippen LogP contribution in [0.1, 0.15) is 0 Å². The molecule has 0 rings (SSSR count). The molecule has 0 saturated carbocycles. The number of aliphatic hydroxyl groups is 4. The Morgan fingerprint density at radius 3 is 1.75 bits per heavy atom. The van der Waals surface area contributed by atoms with Crippen molar-refractivity contribution in [2.24, 2.45) is 0 Å². The average molecular weight is 342 g/mol. The fourth-order valence-electron chi connectivity index (χ4n) is 1.09. The van der Waals surface area contributed by atoms with Crippen LogP contribution in [-0.4, -0.2) is 77.6 Å². The van der Waals surface area contributed by atoms with Gasteiger partial charge in [-0.15, -0.1) is 0 Å². The molecular weight excluding hydrogens is 326 g/mol. The Balaban J connectivity index is 4.91. The highest BCUT2D eigenvalue weighted by Crippen LogP contribution is 2.41. The minimum atomic E-state index is -5.18. The fourth-order valence-corrected chi connectivity index (χ4v) is 1.97. The maximum Gasteiger partial charge on any atom is 0.470 e. The van der Waals surface area contributed by atoms with Gasteiger partial charge in [-0.1, -0.05) is 0 Å². The molecular formula is C6H16O12P2. The topological polar surface area (TPSA) is 214 Å².